The van der Waals surface area contributed by atoms with E-state index >= 15 is 0 Å². The fourth-order valence-corrected chi connectivity index (χ4v) is 3.51. The van der Waals surface area contributed by atoms with Crippen molar-refractivity contribution in [1.29, 1.82) is 0 Å². The largest absolute Gasteiger partial charge is 0.416 e. The minimum atomic E-state index is -4.49. The summed E-state index contributed by atoms with van der Waals surface area (Å²) in [6, 6.07) is 6.75. The summed E-state index contributed by atoms with van der Waals surface area (Å²) in [4.78, 5) is 31.1. The second kappa shape index (κ2) is 8.06. The number of fused-ring (bicyclic) bond motifs is 1. The van der Waals surface area contributed by atoms with Gasteiger partial charge in [0.15, 0.2) is 0 Å². The SMILES string of the molecule is CC1CN(c2ccc(C(F)(F)F)cc2)C(=O)c2c(C(=O)Nc3ccnc(CF)c3)cnn21. The van der Waals surface area contributed by atoms with Gasteiger partial charge in [0.05, 0.1) is 29.1 Å². The number of benzene rings is 1. The first-order valence-electron chi connectivity index (χ1n) is 9.58. The van der Waals surface area contributed by atoms with Crippen LogP contribution in [0.5, 0.6) is 0 Å². The Balaban J connectivity index is 1.63. The number of nitrogens with one attached hydrogen (secondary N) is 1. The van der Waals surface area contributed by atoms with E-state index in [1.807, 2.05) is 0 Å². The molecule has 0 aliphatic carbocycles. The van der Waals surface area contributed by atoms with Crippen LogP contribution >= 0.6 is 0 Å². The van der Waals surface area contributed by atoms with Crippen molar-refractivity contribution in [3.05, 3.63) is 71.3 Å². The molecule has 0 saturated heterocycles. The summed E-state index contributed by atoms with van der Waals surface area (Å²) in [6.07, 6.45) is -1.89. The molecular formula is C21H17F4N5O2. The Morgan fingerprint density at radius 2 is 1.94 bits per heavy atom. The molecule has 11 heteroatoms. The van der Waals surface area contributed by atoms with E-state index in [1.54, 1.807) is 6.92 Å². The summed E-state index contributed by atoms with van der Waals surface area (Å²) in [5.41, 5.74) is -0.103. The van der Waals surface area contributed by atoms with Crippen LogP contribution in [0, 0.1) is 0 Å². The molecule has 2 aromatic heterocycles. The highest BCUT2D eigenvalue weighted by atomic mass is 19.4. The summed E-state index contributed by atoms with van der Waals surface area (Å²) < 4.78 is 52.8. The third kappa shape index (κ3) is 3.93. The number of hydrogen-bond acceptors (Lipinski definition) is 4. The lowest BCUT2D eigenvalue weighted by atomic mass is 10.1. The van der Waals surface area contributed by atoms with Gasteiger partial charge in [0.2, 0.25) is 0 Å². The van der Waals surface area contributed by atoms with Gasteiger partial charge in [-0.3, -0.25) is 19.3 Å². The summed E-state index contributed by atoms with van der Waals surface area (Å²) in [6.45, 7) is 1.15. The quantitative estimate of drug-likeness (QED) is 0.607. The number of alkyl halides is 4. The number of pyridine rings is 1. The first-order valence-corrected chi connectivity index (χ1v) is 9.58. The van der Waals surface area contributed by atoms with E-state index in [0.29, 0.717) is 5.69 Å². The first-order chi connectivity index (χ1) is 15.2. The summed E-state index contributed by atoms with van der Waals surface area (Å²) in [7, 11) is 0. The van der Waals surface area contributed by atoms with Crippen LogP contribution in [0.3, 0.4) is 0 Å². The molecule has 1 atom stereocenters. The Hall–Kier alpha value is -3.76. The molecule has 0 spiro atoms. The predicted molar refractivity (Wildman–Crippen MR) is 107 cm³/mol. The monoisotopic (exact) mass is 447 g/mol. The highest BCUT2D eigenvalue weighted by Crippen LogP contribution is 2.33. The van der Waals surface area contributed by atoms with Crippen LogP contribution in [-0.4, -0.2) is 33.1 Å². The van der Waals surface area contributed by atoms with E-state index in [0.717, 1.165) is 12.1 Å². The van der Waals surface area contributed by atoms with Gasteiger partial charge in [0.1, 0.15) is 12.4 Å². The van der Waals surface area contributed by atoms with E-state index in [4.69, 9.17) is 0 Å². The van der Waals surface area contributed by atoms with Crippen molar-refractivity contribution in [3.8, 4) is 0 Å². The molecule has 0 bridgehead atoms. The molecule has 0 saturated carbocycles. The number of rotatable bonds is 4. The molecule has 32 heavy (non-hydrogen) atoms. The number of hydrogen-bond donors (Lipinski definition) is 1. The van der Waals surface area contributed by atoms with Gasteiger partial charge in [-0.2, -0.15) is 18.3 Å². The van der Waals surface area contributed by atoms with Crippen LogP contribution in [0.1, 0.15) is 45.1 Å². The fraction of sp³-hybridized carbons (Fsp3) is 0.238. The van der Waals surface area contributed by atoms with Crippen molar-refractivity contribution in [1.82, 2.24) is 14.8 Å². The van der Waals surface area contributed by atoms with Crippen LogP contribution in [0.15, 0.2) is 48.8 Å². The summed E-state index contributed by atoms with van der Waals surface area (Å²) in [5, 5.41) is 6.73. The van der Waals surface area contributed by atoms with Crippen LogP contribution in [0.25, 0.3) is 0 Å². The van der Waals surface area contributed by atoms with Crippen LogP contribution in [-0.2, 0) is 12.9 Å². The molecule has 1 aliphatic heterocycles. The smallest absolute Gasteiger partial charge is 0.322 e. The van der Waals surface area contributed by atoms with E-state index in [9.17, 15) is 27.2 Å². The second-order valence-electron chi connectivity index (χ2n) is 7.28. The van der Waals surface area contributed by atoms with E-state index in [2.05, 4.69) is 15.4 Å². The van der Waals surface area contributed by atoms with E-state index in [1.165, 1.54) is 46.2 Å². The van der Waals surface area contributed by atoms with Crippen molar-refractivity contribution >= 4 is 23.2 Å². The van der Waals surface area contributed by atoms with Gasteiger partial charge in [-0.15, -0.1) is 0 Å². The third-order valence-corrected chi connectivity index (χ3v) is 5.07. The molecule has 4 rings (SSSR count). The minimum absolute atomic E-state index is 0.00271. The number of nitrogens with zero attached hydrogens (tertiary/aromatic N) is 4. The Morgan fingerprint density at radius 3 is 2.59 bits per heavy atom. The van der Waals surface area contributed by atoms with Gasteiger partial charge in [-0.05, 0) is 43.3 Å². The van der Waals surface area contributed by atoms with Gasteiger partial charge in [0.25, 0.3) is 11.8 Å². The molecule has 2 amide bonds. The lowest BCUT2D eigenvalue weighted by molar-refractivity contribution is -0.137. The first kappa shape index (κ1) is 21.5. The molecule has 1 aromatic carbocycles. The maximum absolute atomic E-state index is 13.2. The van der Waals surface area contributed by atoms with Gasteiger partial charge < -0.3 is 10.2 Å². The lowest BCUT2D eigenvalue weighted by Gasteiger charge is -2.32. The van der Waals surface area contributed by atoms with E-state index in [-0.39, 0.29) is 35.2 Å². The van der Waals surface area contributed by atoms with E-state index < -0.39 is 30.2 Å². The Kier molecular flexibility index (Phi) is 5.41. The summed E-state index contributed by atoms with van der Waals surface area (Å²) in [5.74, 6) is -1.19. The molecule has 0 radical (unpaired) electrons. The molecular weight excluding hydrogens is 430 g/mol. The maximum atomic E-state index is 13.2. The predicted octanol–water partition coefficient (Wildman–Crippen LogP) is 4.24. The van der Waals surface area contributed by atoms with Gasteiger partial charge >= 0.3 is 6.18 Å². The number of anilines is 2. The highest BCUT2D eigenvalue weighted by molar-refractivity contribution is 6.15. The molecule has 1 N–H and O–H groups in total. The molecule has 1 unspecified atom stereocenters. The number of carbonyl (C=O) groups is 2. The Morgan fingerprint density at radius 1 is 1.22 bits per heavy atom. The Labute approximate surface area is 179 Å². The average molecular weight is 447 g/mol. The van der Waals surface area contributed by atoms with Crippen molar-refractivity contribution in [2.24, 2.45) is 0 Å². The topological polar surface area (TPSA) is 80.1 Å². The zero-order valence-electron chi connectivity index (χ0n) is 16.7. The van der Waals surface area contributed by atoms with Crippen molar-refractivity contribution in [3.63, 3.8) is 0 Å². The molecule has 0 fully saturated rings. The molecule has 1 aliphatic rings. The highest BCUT2D eigenvalue weighted by Gasteiger charge is 2.36. The summed E-state index contributed by atoms with van der Waals surface area (Å²) >= 11 is 0. The lowest BCUT2D eigenvalue weighted by Crippen LogP contribution is -2.43. The second-order valence-corrected chi connectivity index (χ2v) is 7.28. The number of carbonyl (C=O) groups excluding carboxylic acids is 2. The number of halogens is 4. The van der Waals surface area contributed by atoms with Crippen LogP contribution in [0.2, 0.25) is 0 Å². The molecule has 3 heterocycles. The van der Waals surface area contributed by atoms with Crippen molar-refractivity contribution in [2.75, 3.05) is 16.8 Å². The zero-order valence-corrected chi connectivity index (χ0v) is 16.7. The third-order valence-electron chi connectivity index (χ3n) is 5.07. The van der Waals surface area contributed by atoms with Crippen LogP contribution in [0.4, 0.5) is 28.9 Å². The van der Waals surface area contributed by atoms with Crippen molar-refractivity contribution in [2.45, 2.75) is 25.8 Å². The zero-order chi connectivity index (χ0) is 23.0. The van der Waals surface area contributed by atoms with Gasteiger partial charge in [-0.25, -0.2) is 4.39 Å². The normalized spacial score (nSPS) is 16.1. The van der Waals surface area contributed by atoms with Crippen LogP contribution < -0.4 is 10.2 Å². The minimum Gasteiger partial charge on any atom is -0.322 e. The number of amides is 2. The fourth-order valence-electron chi connectivity index (χ4n) is 3.51. The van der Waals surface area contributed by atoms with Gasteiger partial charge in [-0.1, -0.05) is 0 Å². The number of aromatic nitrogens is 3. The average Bonchev–Trinajstić information content (AvgIpc) is 3.22. The Bertz CT molecular complexity index is 1170. The molecule has 3 aromatic rings. The maximum Gasteiger partial charge on any atom is 0.416 e. The standard InChI is InChI=1S/C21H17F4N5O2/c1-12-11-29(16-4-2-13(3-5-16)21(23,24)25)20(32)18-17(10-27-30(12)18)19(31)28-14-6-7-26-15(8-14)9-22/h2-8,10,12H,9,11H2,1H3,(H,26,28,31). The van der Waals surface area contributed by atoms with Gasteiger partial charge in [0, 0.05) is 24.1 Å². The molecule has 166 valence electrons. The van der Waals surface area contributed by atoms with Crippen molar-refractivity contribution < 1.29 is 27.2 Å². The molecule has 7 nitrogen and oxygen atoms in total.